The number of aromatic nitrogens is 2. The minimum absolute atomic E-state index is 0.175. The fourth-order valence-corrected chi connectivity index (χ4v) is 2.33. The fourth-order valence-electron chi connectivity index (χ4n) is 2.21. The molecule has 7 nitrogen and oxygen atoms in total. The minimum atomic E-state index is -0.481. The van der Waals surface area contributed by atoms with E-state index in [1.54, 1.807) is 55.4 Å². The Kier molecular flexibility index (Phi) is 6.34. The summed E-state index contributed by atoms with van der Waals surface area (Å²) in [5, 5.41) is 13.1. The van der Waals surface area contributed by atoms with Crippen molar-refractivity contribution in [2.45, 2.75) is 6.04 Å². The summed E-state index contributed by atoms with van der Waals surface area (Å²) in [6.45, 7) is 0.660. The Bertz CT molecular complexity index is 699. The summed E-state index contributed by atoms with van der Waals surface area (Å²) >= 11 is 5.78. The SMILES string of the molecule is CNC(C(=O)NCCNC(=O)c1ccc(Cl)cc1)c1cnn(C)c1. The maximum Gasteiger partial charge on any atom is 0.251 e. The van der Waals surface area contributed by atoms with Gasteiger partial charge in [-0.2, -0.15) is 5.10 Å². The summed E-state index contributed by atoms with van der Waals surface area (Å²) in [7, 11) is 3.50. The molecule has 1 atom stereocenters. The minimum Gasteiger partial charge on any atom is -0.353 e. The number of rotatable bonds is 7. The van der Waals surface area contributed by atoms with Crippen LogP contribution in [0, 0.1) is 0 Å². The van der Waals surface area contributed by atoms with Crippen molar-refractivity contribution in [2.75, 3.05) is 20.1 Å². The molecule has 0 saturated carbocycles. The number of benzene rings is 1. The zero-order valence-corrected chi connectivity index (χ0v) is 14.3. The summed E-state index contributed by atoms with van der Waals surface area (Å²) in [6, 6.07) is 6.13. The molecule has 1 unspecified atom stereocenters. The monoisotopic (exact) mass is 349 g/mol. The van der Waals surface area contributed by atoms with E-state index in [-0.39, 0.29) is 11.8 Å². The molecule has 0 fully saturated rings. The number of carbonyl (C=O) groups is 2. The molecule has 0 saturated heterocycles. The average Bonchev–Trinajstić information content (AvgIpc) is 2.99. The first-order valence-electron chi connectivity index (χ1n) is 7.48. The topological polar surface area (TPSA) is 88.1 Å². The van der Waals surface area contributed by atoms with Crippen molar-refractivity contribution in [1.29, 1.82) is 0 Å². The van der Waals surface area contributed by atoms with E-state index in [1.807, 2.05) is 0 Å². The zero-order chi connectivity index (χ0) is 17.5. The molecule has 0 spiro atoms. The quantitative estimate of drug-likeness (QED) is 0.647. The van der Waals surface area contributed by atoms with Crippen molar-refractivity contribution in [2.24, 2.45) is 7.05 Å². The van der Waals surface area contributed by atoms with Crippen LogP contribution in [-0.4, -0.2) is 41.7 Å². The highest BCUT2D eigenvalue weighted by atomic mass is 35.5. The van der Waals surface area contributed by atoms with Crippen LogP contribution in [0.15, 0.2) is 36.7 Å². The number of amides is 2. The molecule has 0 aliphatic rings. The van der Waals surface area contributed by atoms with E-state index < -0.39 is 6.04 Å². The highest BCUT2D eigenvalue weighted by Gasteiger charge is 2.19. The lowest BCUT2D eigenvalue weighted by Crippen LogP contribution is -2.40. The molecule has 1 aromatic heterocycles. The number of likely N-dealkylation sites (N-methyl/N-ethyl adjacent to an activating group) is 1. The van der Waals surface area contributed by atoms with Gasteiger partial charge in [-0.05, 0) is 31.3 Å². The Labute approximate surface area is 145 Å². The molecule has 8 heteroatoms. The fraction of sp³-hybridized carbons (Fsp3) is 0.312. The Hall–Kier alpha value is -2.38. The van der Waals surface area contributed by atoms with Gasteiger partial charge in [-0.1, -0.05) is 11.6 Å². The highest BCUT2D eigenvalue weighted by Crippen LogP contribution is 2.11. The number of hydrogen-bond acceptors (Lipinski definition) is 4. The number of aryl methyl sites for hydroxylation is 1. The molecule has 0 bridgehead atoms. The molecule has 128 valence electrons. The maximum absolute atomic E-state index is 12.2. The van der Waals surface area contributed by atoms with E-state index in [0.717, 1.165) is 5.56 Å². The molecule has 1 aromatic carbocycles. The molecule has 2 amide bonds. The van der Waals surface area contributed by atoms with Crippen LogP contribution >= 0.6 is 11.6 Å². The van der Waals surface area contributed by atoms with E-state index in [2.05, 4.69) is 21.0 Å². The molecule has 2 rings (SSSR count). The summed E-state index contributed by atoms with van der Waals surface area (Å²) in [6.07, 6.45) is 3.42. The van der Waals surface area contributed by atoms with Crippen LogP contribution < -0.4 is 16.0 Å². The molecule has 2 aromatic rings. The van der Waals surface area contributed by atoms with Crippen molar-refractivity contribution in [3.63, 3.8) is 0 Å². The van der Waals surface area contributed by atoms with E-state index in [9.17, 15) is 9.59 Å². The van der Waals surface area contributed by atoms with E-state index in [0.29, 0.717) is 23.7 Å². The van der Waals surface area contributed by atoms with Crippen molar-refractivity contribution < 1.29 is 9.59 Å². The third-order valence-corrected chi connectivity index (χ3v) is 3.68. The molecule has 24 heavy (non-hydrogen) atoms. The maximum atomic E-state index is 12.2. The second-order valence-electron chi connectivity index (χ2n) is 5.22. The molecule has 0 aliphatic heterocycles. The standard InChI is InChI=1S/C16H20ClN5O2/c1-18-14(12-9-21-22(2)10-12)16(24)20-8-7-19-15(23)11-3-5-13(17)6-4-11/h3-6,9-10,14,18H,7-8H2,1-2H3,(H,19,23)(H,20,24). The van der Waals surface area contributed by atoms with E-state index in [4.69, 9.17) is 11.6 Å². The number of halogens is 1. The number of nitrogens with one attached hydrogen (secondary N) is 3. The van der Waals surface area contributed by atoms with Crippen LogP contribution in [0.2, 0.25) is 5.02 Å². The van der Waals surface area contributed by atoms with Crippen LogP contribution in [0.3, 0.4) is 0 Å². The van der Waals surface area contributed by atoms with Gasteiger partial charge < -0.3 is 16.0 Å². The third kappa shape index (κ3) is 4.81. The molecular weight excluding hydrogens is 330 g/mol. The predicted molar refractivity (Wildman–Crippen MR) is 91.8 cm³/mol. The van der Waals surface area contributed by atoms with E-state index >= 15 is 0 Å². The van der Waals surface area contributed by atoms with Gasteiger partial charge in [-0.25, -0.2) is 0 Å². The third-order valence-electron chi connectivity index (χ3n) is 3.43. The highest BCUT2D eigenvalue weighted by molar-refractivity contribution is 6.30. The van der Waals surface area contributed by atoms with Gasteiger partial charge in [0.05, 0.1) is 6.20 Å². The second kappa shape index (κ2) is 8.47. The van der Waals surface area contributed by atoms with Crippen LogP contribution in [0.25, 0.3) is 0 Å². The molecule has 0 aliphatic carbocycles. The summed E-state index contributed by atoms with van der Waals surface area (Å²) < 4.78 is 1.64. The van der Waals surface area contributed by atoms with Crippen molar-refractivity contribution >= 4 is 23.4 Å². The first-order chi connectivity index (χ1) is 11.5. The summed E-state index contributed by atoms with van der Waals surface area (Å²) in [5.74, 6) is -0.385. The molecular formula is C16H20ClN5O2. The largest absolute Gasteiger partial charge is 0.353 e. The van der Waals surface area contributed by atoms with E-state index in [1.165, 1.54) is 0 Å². The average molecular weight is 350 g/mol. The Morgan fingerprint density at radius 1 is 1.21 bits per heavy atom. The zero-order valence-electron chi connectivity index (χ0n) is 13.5. The molecule has 3 N–H and O–H groups in total. The first kappa shape index (κ1) is 18.0. The second-order valence-corrected chi connectivity index (χ2v) is 5.66. The van der Waals surface area contributed by atoms with Gasteiger partial charge in [0.2, 0.25) is 5.91 Å². The first-order valence-corrected chi connectivity index (χ1v) is 7.86. The van der Waals surface area contributed by atoms with Crippen LogP contribution in [0.4, 0.5) is 0 Å². The van der Waals surface area contributed by atoms with Crippen LogP contribution in [0.1, 0.15) is 22.0 Å². The number of carbonyl (C=O) groups excluding carboxylic acids is 2. The number of hydrogen-bond donors (Lipinski definition) is 3. The van der Waals surface area contributed by atoms with Gasteiger partial charge in [-0.15, -0.1) is 0 Å². The lowest BCUT2D eigenvalue weighted by atomic mass is 10.1. The normalized spacial score (nSPS) is 11.8. The Morgan fingerprint density at radius 3 is 2.46 bits per heavy atom. The Morgan fingerprint density at radius 2 is 1.88 bits per heavy atom. The van der Waals surface area contributed by atoms with Crippen molar-refractivity contribution in [1.82, 2.24) is 25.7 Å². The predicted octanol–water partition coefficient (Wildman–Crippen LogP) is 0.880. The van der Waals surface area contributed by atoms with Gasteiger partial charge in [0.1, 0.15) is 6.04 Å². The van der Waals surface area contributed by atoms with Crippen molar-refractivity contribution in [3.05, 3.63) is 52.8 Å². The Balaban J connectivity index is 1.77. The van der Waals surface area contributed by atoms with Gasteiger partial charge in [-0.3, -0.25) is 14.3 Å². The van der Waals surface area contributed by atoms with Crippen molar-refractivity contribution in [3.8, 4) is 0 Å². The van der Waals surface area contributed by atoms with Gasteiger partial charge in [0.15, 0.2) is 0 Å². The smallest absolute Gasteiger partial charge is 0.251 e. The van der Waals surface area contributed by atoms with Gasteiger partial charge in [0.25, 0.3) is 5.91 Å². The summed E-state index contributed by atoms with van der Waals surface area (Å²) in [4.78, 5) is 24.1. The lowest BCUT2D eigenvalue weighted by Gasteiger charge is -2.14. The van der Waals surface area contributed by atoms with Gasteiger partial charge >= 0.3 is 0 Å². The molecule has 1 heterocycles. The lowest BCUT2D eigenvalue weighted by molar-refractivity contribution is -0.123. The number of nitrogens with zero attached hydrogens (tertiary/aromatic N) is 2. The van der Waals surface area contributed by atoms with Gasteiger partial charge in [0, 0.05) is 42.5 Å². The summed E-state index contributed by atoms with van der Waals surface area (Å²) in [5.41, 5.74) is 1.30. The van der Waals surface area contributed by atoms with Crippen LogP contribution in [-0.2, 0) is 11.8 Å². The van der Waals surface area contributed by atoms with Crippen LogP contribution in [0.5, 0.6) is 0 Å². The molecule has 0 radical (unpaired) electrons.